The normalized spacial score (nSPS) is 18.9. The van der Waals surface area contributed by atoms with E-state index in [0.29, 0.717) is 12.1 Å². The molecule has 1 atom stereocenters. The summed E-state index contributed by atoms with van der Waals surface area (Å²) in [7, 11) is 0. The first-order chi connectivity index (χ1) is 9.74. The van der Waals surface area contributed by atoms with Crippen LogP contribution >= 0.6 is 0 Å². The van der Waals surface area contributed by atoms with Crippen molar-refractivity contribution in [2.24, 2.45) is 0 Å². The molecule has 1 aromatic carbocycles. The van der Waals surface area contributed by atoms with Crippen molar-refractivity contribution in [2.45, 2.75) is 18.9 Å². The lowest BCUT2D eigenvalue weighted by atomic mass is 10.1. The van der Waals surface area contributed by atoms with E-state index >= 15 is 0 Å². The summed E-state index contributed by atoms with van der Waals surface area (Å²) in [5.74, 6) is -1.02. The van der Waals surface area contributed by atoms with Crippen molar-refractivity contribution in [3.63, 3.8) is 0 Å². The van der Waals surface area contributed by atoms with E-state index in [2.05, 4.69) is 10.3 Å². The number of ether oxygens (including phenoxy) is 1. The van der Waals surface area contributed by atoms with E-state index in [1.807, 2.05) is 24.3 Å². The van der Waals surface area contributed by atoms with E-state index in [0.717, 1.165) is 30.5 Å². The van der Waals surface area contributed by atoms with Crippen LogP contribution in [0, 0.1) is 0 Å². The van der Waals surface area contributed by atoms with E-state index in [1.54, 1.807) is 6.07 Å². The fraction of sp³-hybridized carbons (Fsp3) is 0.333. The molecule has 1 aliphatic rings. The number of carbonyl (C=O) groups is 1. The molecule has 104 valence electrons. The number of aromatic nitrogens is 1. The summed E-state index contributed by atoms with van der Waals surface area (Å²) in [6, 6.07) is 9.36. The Bertz CT molecular complexity index is 636. The van der Waals surface area contributed by atoms with Crippen LogP contribution in [0.15, 0.2) is 30.3 Å². The predicted molar refractivity (Wildman–Crippen MR) is 76.2 cm³/mol. The summed E-state index contributed by atoms with van der Waals surface area (Å²) in [4.78, 5) is 15.3. The summed E-state index contributed by atoms with van der Waals surface area (Å²) < 4.78 is 5.45. The molecular weight excluding hydrogens is 256 g/mol. The first kappa shape index (κ1) is 12.9. The van der Waals surface area contributed by atoms with E-state index in [9.17, 15) is 4.79 Å². The number of carboxylic acid groups (broad SMARTS) is 1. The van der Waals surface area contributed by atoms with Crippen molar-refractivity contribution in [3.05, 3.63) is 36.0 Å². The number of aromatic carboxylic acids is 1. The molecule has 2 N–H and O–H groups in total. The van der Waals surface area contributed by atoms with Gasteiger partial charge in [0.15, 0.2) is 5.69 Å². The maximum Gasteiger partial charge on any atom is 0.354 e. The van der Waals surface area contributed by atoms with Crippen molar-refractivity contribution in [1.29, 1.82) is 0 Å². The van der Waals surface area contributed by atoms with Gasteiger partial charge in [0.2, 0.25) is 0 Å². The quantitative estimate of drug-likeness (QED) is 0.898. The third-order valence-electron chi connectivity index (χ3n) is 3.46. The van der Waals surface area contributed by atoms with Gasteiger partial charge in [-0.05, 0) is 25.0 Å². The van der Waals surface area contributed by atoms with Gasteiger partial charge in [-0.25, -0.2) is 9.78 Å². The number of benzene rings is 1. The van der Waals surface area contributed by atoms with Gasteiger partial charge in [0.05, 0.1) is 12.1 Å². The minimum atomic E-state index is -1.02. The molecule has 2 heterocycles. The number of rotatable bonds is 3. The van der Waals surface area contributed by atoms with E-state index in [4.69, 9.17) is 9.84 Å². The highest BCUT2D eigenvalue weighted by Crippen LogP contribution is 2.25. The molecule has 0 amide bonds. The second-order valence-corrected chi connectivity index (χ2v) is 4.94. The van der Waals surface area contributed by atoms with Crippen LogP contribution in [0.5, 0.6) is 0 Å². The number of pyridine rings is 1. The number of fused-ring (bicyclic) bond motifs is 1. The van der Waals surface area contributed by atoms with Crippen molar-refractivity contribution in [2.75, 3.05) is 18.5 Å². The molecule has 5 nitrogen and oxygen atoms in total. The van der Waals surface area contributed by atoms with Gasteiger partial charge in [0.25, 0.3) is 0 Å². The molecule has 1 aromatic heterocycles. The zero-order chi connectivity index (χ0) is 13.9. The highest BCUT2D eigenvalue weighted by Gasteiger charge is 2.16. The number of nitrogens with zero attached hydrogens (tertiary/aromatic N) is 1. The Hall–Kier alpha value is -2.14. The third-order valence-corrected chi connectivity index (χ3v) is 3.46. The summed E-state index contributed by atoms with van der Waals surface area (Å²) in [5, 5.41) is 13.5. The Kier molecular flexibility index (Phi) is 3.52. The molecule has 1 fully saturated rings. The average molecular weight is 272 g/mol. The topological polar surface area (TPSA) is 71.5 Å². The lowest BCUT2D eigenvalue weighted by Crippen LogP contribution is -2.30. The number of nitrogens with one attached hydrogen (secondary N) is 1. The van der Waals surface area contributed by atoms with Crippen LogP contribution in [0.2, 0.25) is 0 Å². The highest BCUT2D eigenvalue weighted by atomic mass is 16.5. The van der Waals surface area contributed by atoms with Gasteiger partial charge in [-0.2, -0.15) is 0 Å². The average Bonchev–Trinajstić information content (AvgIpc) is 2.48. The number of hydrogen-bond acceptors (Lipinski definition) is 4. The molecule has 20 heavy (non-hydrogen) atoms. The Morgan fingerprint density at radius 3 is 3.00 bits per heavy atom. The minimum Gasteiger partial charge on any atom is -0.477 e. The highest BCUT2D eigenvalue weighted by molar-refractivity contribution is 5.97. The predicted octanol–water partition coefficient (Wildman–Crippen LogP) is 2.52. The molecule has 0 saturated carbocycles. The lowest BCUT2D eigenvalue weighted by Gasteiger charge is -2.24. The fourth-order valence-corrected chi connectivity index (χ4v) is 2.48. The van der Waals surface area contributed by atoms with Crippen LogP contribution in [-0.2, 0) is 4.74 Å². The molecule has 1 unspecified atom stereocenters. The van der Waals surface area contributed by atoms with Gasteiger partial charge in [-0.1, -0.05) is 18.2 Å². The molecule has 2 aromatic rings. The Labute approximate surface area is 116 Å². The molecule has 0 radical (unpaired) electrons. The van der Waals surface area contributed by atoms with Crippen LogP contribution < -0.4 is 5.32 Å². The number of para-hydroxylation sites is 1. The summed E-state index contributed by atoms with van der Waals surface area (Å²) >= 11 is 0. The van der Waals surface area contributed by atoms with Crippen LogP contribution in [0.1, 0.15) is 23.3 Å². The van der Waals surface area contributed by atoms with Gasteiger partial charge >= 0.3 is 5.97 Å². The first-order valence-corrected chi connectivity index (χ1v) is 6.71. The van der Waals surface area contributed by atoms with Crippen LogP contribution in [0.3, 0.4) is 0 Å². The third kappa shape index (κ3) is 2.58. The van der Waals surface area contributed by atoms with Crippen molar-refractivity contribution in [3.8, 4) is 0 Å². The molecule has 1 saturated heterocycles. The lowest BCUT2D eigenvalue weighted by molar-refractivity contribution is 0.0691. The standard InChI is InChI=1S/C15H16N2O3/c18-15(19)14-8-13(16-10-4-3-7-20-9-10)11-5-1-2-6-12(11)17-14/h1-2,5-6,8,10H,3-4,7,9H2,(H,16,17)(H,18,19). The van der Waals surface area contributed by atoms with Crippen molar-refractivity contribution in [1.82, 2.24) is 4.98 Å². The molecule has 0 aliphatic carbocycles. The Balaban J connectivity index is 2.00. The molecule has 5 heteroatoms. The van der Waals surface area contributed by atoms with Gasteiger partial charge in [-0.3, -0.25) is 0 Å². The smallest absolute Gasteiger partial charge is 0.354 e. The van der Waals surface area contributed by atoms with Crippen LogP contribution in [-0.4, -0.2) is 35.3 Å². The SMILES string of the molecule is O=C(O)c1cc(NC2CCCOC2)c2ccccc2n1. The molecular formula is C15H16N2O3. The van der Waals surface area contributed by atoms with Crippen molar-refractivity contribution >= 4 is 22.6 Å². The Morgan fingerprint density at radius 1 is 1.40 bits per heavy atom. The molecule has 0 bridgehead atoms. The molecule has 0 spiro atoms. The summed E-state index contributed by atoms with van der Waals surface area (Å²) in [6.45, 7) is 1.45. The summed E-state index contributed by atoms with van der Waals surface area (Å²) in [6.07, 6.45) is 2.05. The second kappa shape index (κ2) is 5.46. The fourth-order valence-electron chi connectivity index (χ4n) is 2.48. The number of carboxylic acids is 1. The van der Waals surface area contributed by atoms with Crippen LogP contribution in [0.25, 0.3) is 10.9 Å². The second-order valence-electron chi connectivity index (χ2n) is 4.94. The molecule has 3 rings (SSSR count). The molecule has 1 aliphatic heterocycles. The number of hydrogen-bond donors (Lipinski definition) is 2. The van der Waals surface area contributed by atoms with Crippen molar-refractivity contribution < 1.29 is 14.6 Å². The van der Waals surface area contributed by atoms with E-state index < -0.39 is 5.97 Å². The van der Waals surface area contributed by atoms with E-state index in [-0.39, 0.29) is 11.7 Å². The maximum atomic E-state index is 11.2. The summed E-state index contributed by atoms with van der Waals surface area (Å²) in [5.41, 5.74) is 1.55. The maximum absolute atomic E-state index is 11.2. The Morgan fingerprint density at radius 2 is 2.25 bits per heavy atom. The zero-order valence-electron chi connectivity index (χ0n) is 11.0. The monoisotopic (exact) mass is 272 g/mol. The minimum absolute atomic E-state index is 0.0583. The van der Waals surface area contributed by atoms with Gasteiger partial charge in [0, 0.05) is 23.7 Å². The van der Waals surface area contributed by atoms with Gasteiger partial charge < -0.3 is 15.2 Å². The zero-order valence-corrected chi connectivity index (χ0v) is 11.0. The van der Waals surface area contributed by atoms with E-state index in [1.165, 1.54) is 0 Å². The van der Waals surface area contributed by atoms with Gasteiger partial charge in [0.1, 0.15) is 0 Å². The van der Waals surface area contributed by atoms with Gasteiger partial charge in [-0.15, -0.1) is 0 Å². The largest absolute Gasteiger partial charge is 0.477 e. The van der Waals surface area contributed by atoms with Crippen LogP contribution in [0.4, 0.5) is 5.69 Å². The number of anilines is 1. The first-order valence-electron chi connectivity index (χ1n) is 6.71.